The molecule has 4 nitrogen and oxygen atoms in total. The van der Waals surface area contributed by atoms with E-state index < -0.39 is 5.60 Å². The lowest BCUT2D eigenvalue weighted by Crippen LogP contribution is -2.48. The summed E-state index contributed by atoms with van der Waals surface area (Å²) in [6.45, 7) is 8.51. The fraction of sp³-hybridized carbons (Fsp3) is 0.938. The minimum Gasteiger partial charge on any atom is -0.444 e. The van der Waals surface area contributed by atoms with E-state index in [4.69, 9.17) is 4.74 Å². The van der Waals surface area contributed by atoms with E-state index in [0.29, 0.717) is 18.6 Å². The van der Waals surface area contributed by atoms with Gasteiger partial charge in [0.15, 0.2) is 0 Å². The molecule has 1 saturated heterocycles. The third kappa shape index (κ3) is 9.25. The molecule has 0 saturated carbocycles. The Morgan fingerprint density at radius 1 is 1.43 bits per heavy atom. The number of carbonyl (C=O) groups excluding carboxylic acids is 1. The first-order valence-corrected chi connectivity index (χ1v) is 9.37. The average molecular weight is 317 g/mol. The van der Waals surface area contributed by atoms with Gasteiger partial charge in [-0.3, -0.25) is 0 Å². The monoisotopic (exact) mass is 316 g/mol. The molecule has 2 unspecified atom stereocenters. The molecule has 21 heavy (non-hydrogen) atoms. The molecule has 0 aromatic carbocycles. The summed E-state index contributed by atoms with van der Waals surface area (Å²) in [5.41, 5.74) is -0.434. The normalized spacial score (nSPS) is 20.9. The first-order chi connectivity index (χ1) is 9.90. The number of thioether (sulfide) groups is 1. The maximum atomic E-state index is 11.8. The van der Waals surface area contributed by atoms with Gasteiger partial charge in [-0.25, -0.2) is 4.79 Å². The van der Waals surface area contributed by atoms with Crippen molar-refractivity contribution in [3.8, 4) is 0 Å². The number of alkyl carbamates (subject to hydrolysis) is 1. The second kappa shape index (κ2) is 9.57. The molecule has 1 aliphatic rings. The van der Waals surface area contributed by atoms with Crippen molar-refractivity contribution in [3.63, 3.8) is 0 Å². The summed E-state index contributed by atoms with van der Waals surface area (Å²) in [7, 11) is 0. The van der Waals surface area contributed by atoms with Gasteiger partial charge < -0.3 is 15.4 Å². The molecule has 2 atom stereocenters. The first kappa shape index (κ1) is 18.6. The van der Waals surface area contributed by atoms with Crippen LogP contribution in [0.1, 0.15) is 59.8 Å². The van der Waals surface area contributed by atoms with Crippen LogP contribution in [0.5, 0.6) is 0 Å². The second-order valence-corrected chi connectivity index (χ2v) is 7.95. The minimum atomic E-state index is -0.434. The molecule has 1 aliphatic heterocycles. The van der Waals surface area contributed by atoms with E-state index in [-0.39, 0.29) is 6.09 Å². The zero-order valence-corrected chi connectivity index (χ0v) is 14.9. The standard InChI is InChI=1S/C16H32N2O2S/c1-5-6-8-13(18-14-9-7-10-21-12-14)11-17-15(19)20-16(2,3)4/h13-14,18H,5-12H2,1-4H3,(H,17,19). The number of carbonyl (C=O) groups is 1. The van der Waals surface area contributed by atoms with Crippen LogP contribution in [0.25, 0.3) is 0 Å². The van der Waals surface area contributed by atoms with Crippen LogP contribution in [-0.2, 0) is 4.74 Å². The van der Waals surface area contributed by atoms with Gasteiger partial charge in [-0.15, -0.1) is 0 Å². The summed E-state index contributed by atoms with van der Waals surface area (Å²) in [6.07, 6.45) is 5.71. The van der Waals surface area contributed by atoms with Gasteiger partial charge in [0, 0.05) is 24.4 Å². The summed E-state index contributed by atoms with van der Waals surface area (Å²) in [6, 6.07) is 0.937. The molecule has 0 aromatic heterocycles. The Labute approximate surface area is 134 Å². The minimum absolute atomic E-state index is 0.316. The quantitative estimate of drug-likeness (QED) is 0.754. The molecule has 0 aliphatic carbocycles. The summed E-state index contributed by atoms with van der Waals surface area (Å²) in [5.74, 6) is 2.48. The molecule has 0 radical (unpaired) electrons. The van der Waals surface area contributed by atoms with Gasteiger partial charge in [-0.05, 0) is 45.8 Å². The number of unbranched alkanes of at least 4 members (excludes halogenated alkanes) is 1. The molecule has 0 spiro atoms. The zero-order valence-electron chi connectivity index (χ0n) is 14.0. The van der Waals surface area contributed by atoms with Crippen LogP contribution in [0.15, 0.2) is 0 Å². The SMILES string of the molecule is CCCCC(CNC(=O)OC(C)(C)C)NC1CCCSC1. The molecule has 1 amide bonds. The summed E-state index contributed by atoms with van der Waals surface area (Å²) < 4.78 is 5.30. The zero-order chi connectivity index (χ0) is 15.7. The Morgan fingerprint density at radius 2 is 2.19 bits per heavy atom. The van der Waals surface area contributed by atoms with Gasteiger partial charge in [0.25, 0.3) is 0 Å². The second-order valence-electron chi connectivity index (χ2n) is 6.80. The Morgan fingerprint density at radius 3 is 2.76 bits per heavy atom. The van der Waals surface area contributed by atoms with Crippen LogP contribution < -0.4 is 10.6 Å². The number of hydrogen-bond acceptors (Lipinski definition) is 4. The van der Waals surface area contributed by atoms with Crippen LogP contribution in [0.2, 0.25) is 0 Å². The van der Waals surface area contributed by atoms with Crippen LogP contribution >= 0.6 is 11.8 Å². The van der Waals surface area contributed by atoms with Crippen molar-refractivity contribution >= 4 is 17.9 Å². The molecular weight excluding hydrogens is 284 g/mol. The highest BCUT2D eigenvalue weighted by Gasteiger charge is 2.20. The van der Waals surface area contributed by atoms with Gasteiger partial charge in [-0.1, -0.05) is 19.8 Å². The topological polar surface area (TPSA) is 50.4 Å². The number of rotatable bonds is 7. The first-order valence-electron chi connectivity index (χ1n) is 8.21. The van der Waals surface area contributed by atoms with Crippen molar-refractivity contribution in [2.24, 2.45) is 0 Å². The highest BCUT2D eigenvalue weighted by atomic mass is 32.2. The van der Waals surface area contributed by atoms with E-state index in [9.17, 15) is 4.79 Å². The largest absolute Gasteiger partial charge is 0.444 e. The highest BCUT2D eigenvalue weighted by Crippen LogP contribution is 2.18. The predicted octanol–water partition coefficient (Wildman–Crippen LogP) is 3.56. The van der Waals surface area contributed by atoms with Gasteiger partial charge in [0.2, 0.25) is 0 Å². The van der Waals surface area contributed by atoms with Crippen LogP contribution in [0.3, 0.4) is 0 Å². The van der Waals surface area contributed by atoms with Gasteiger partial charge >= 0.3 is 6.09 Å². The Balaban J connectivity index is 2.36. The maximum Gasteiger partial charge on any atom is 0.407 e. The third-order valence-electron chi connectivity index (χ3n) is 3.43. The van der Waals surface area contributed by atoms with E-state index >= 15 is 0 Å². The average Bonchev–Trinajstić information content (AvgIpc) is 2.41. The molecular formula is C16H32N2O2S. The number of amides is 1. The Hall–Kier alpha value is -0.420. The van der Waals surface area contributed by atoms with E-state index in [1.165, 1.54) is 37.2 Å². The van der Waals surface area contributed by atoms with Crippen LogP contribution in [0.4, 0.5) is 4.79 Å². The van der Waals surface area contributed by atoms with E-state index in [0.717, 1.165) is 6.42 Å². The van der Waals surface area contributed by atoms with Crippen molar-refractivity contribution in [1.29, 1.82) is 0 Å². The predicted molar refractivity (Wildman–Crippen MR) is 91.0 cm³/mol. The maximum absolute atomic E-state index is 11.8. The Bertz CT molecular complexity index is 299. The van der Waals surface area contributed by atoms with E-state index in [1.807, 2.05) is 32.5 Å². The van der Waals surface area contributed by atoms with Crippen molar-refractivity contribution in [1.82, 2.24) is 10.6 Å². The van der Waals surface area contributed by atoms with Crippen LogP contribution in [-0.4, -0.2) is 41.8 Å². The fourth-order valence-electron chi connectivity index (χ4n) is 2.42. The van der Waals surface area contributed by atoms with E-state index in [1.54, 1.807) is 0 Å². The summed E-state index contributed by atoms with van der Waals surface area (Å²) in [4.78, 5) is 11.8. The van der Waals surface area contributed by atoms with Gasteiger partial charge in [0.1, 0.15) is 5.60 Å². The summed E-state index contributed by atoms with van der Waals surface area (Å²) >= 11 is 2.03. The van der Waals surface area contributed by atoms with Crippen LogP contribution in [0, 0.1) is 0 Å². The Kier molecular flexibility index (Phi) is 8.49. The molecule has 124 valence electrons. The van der Waals surface area contributed by atoms with Crippen molar-refractivity contribution in [2.75, 3.05) is 18.1 Å². The molecule has 0 aromatic rings. The van der Waals surface area contributed by atoms with Gasteiger partial charge in [-0.2, -0.15) is 11.8 Å². The van der Waals surface area contributed by atoms with Crippen molar-refractivity contribution in [3.05, 3.63) is 0 Å². The molecule has 1 rings (SSSR count). The molecule has 1 heterocycles. The fourth-order valence-corrected chi connectivity index (χ4v) is 3.51. The lowest BCUT2D eigenvalue weighted by Gasteiger charge is -2.29. The molecule has 5 heteroatoms. The summed E-state index contributed by atoms with van der Waals surface area (Å²) in [5, 5.41) is 6.63. The van der Waals surface area contributed by atoms with Crippen molar-refractivity contribution in [2.45, 2.75) is 77.5 Å². The number of nitrogens with one attached hydrogen (secondary N) is 2. The molecule has 2 N–H and O–H groups in total. The molecule has 1 fully saturated rings. The highest BCUT2D eigenvalue weighted by molar-refractivity contribution is 7.99. The lowest BCUT2D eigenvalue weighted by atomic mass is 10.1. The number of hydrogen-bond donors (Lipinski definition) is 2. The lowest BCUT2D eigenvalue weighted by molar-refractivity contribution is 0.0521. The van der Waals surface area contributed by atoms with E-state index in [2.05, 4.69) is 17.6 Å². The smallest absolute Gasteiger partial charge is 0.407 e. The van der Waals surface area contributed by atoms with Crippen molar-refractivity contribution < 1.29 is 9.53 Å². The van der Waals surface area contributed by atoms with Gasteiger partial charge in [0.05, 0.1) is 0 Å². The number of ether oxygens (including phenoxy) is 1. The molecule has 0 bridgehead atoms. The third-order valence-corrected chi connectivity index (χ3v) is 4.64.